The molecule has 3 rings (SSSR count). The summed E-state index contributed by atoms with van der Waals surface area (Å²) >= 11 is 1.29. The normalized spacial score (nSPS) is 10.3. The third-order valence-electron chi connectivity index (χ3n) is 3.53. The lowest BCUT2D eigenvalue weighted by molar-refractivity contribution is 0.262. The molecule has 8 heteroatoms. The lowest BCUT2D eigenvalue weighted by Gasteiger charge is -2.06. The van der Waals surface area contributed by atoms with Crippen LogP contribution in [-0.2, 0) is 0 Å². The maximum Gasteiger partial charge on any atom is 0.325 e. The number of amides is 2. The van der Waals surface area contributed by atoms with Crippen molar-refractivity contribution in [3.05, 3.63) is 48.5 Å². The number of ether oxygens (including phenoxy) is 2. The minimum Gasteiger partial charge on any atom is -0.497 e. The first-order chi connectivity index (χ1) is 13.2. The van der Waals surface area contributed by atoms with Gasteiger partial charge >= 0.3 is 6.03 Å². The van der Waals surface area contributed by atoms with E-state index >= 15 is 0 Å². The van der Waals surface area contributed by atoms with Gasteiger partial charge in [-0.15, -0.1) is 10.2 Å². The van der Waals surface area contributed by atoms with Crippen LogP contribution in [0.25, 0.3) is 10.6 Å². The fraction of sp³-hybridized carbons (Fsp3) is 0.211. The van der Waals surface area contributed by atoms with Crippen LogP contribution in [0.3, 0.4) is 0 Å². The van der Waals surface area contributed by atoms with E-state index in [1.165, 1.54) is 11.3 Å². The highest BCUT2D eigenvalue weighted by Gasteiger charge is 2.11. The summed E-state index contributed by atoms with van der Waals surface area (Å²) < 4.78 is 10.8. The van der Waals surface area contributed by atoms with Crippen LogP contribution in [0, 0.1) is 0 Å². The summed E-state index contributed by atoms with van der Waals surface area (Å²) in [5.74, 6) is 1.45. The summed E-state index contributed by atoms with van der Waals surface area (Å²) in [6, 6.07) is 14.4. The Morgan fingerprint density at radius 3 is 2.70 bits per heavy atom. The Morgan fingerprint density at radius 1 is 1.07 bits per heavy atom. The second-order valence-corrected chi connectivity index (χ2v) is 6.58. The van der Waals surface area contributed by atoms with Crippen molar-refractivity contribution >= 4 is 28.2 Å². The summed E-state index contributed by atoms with van der Waals surface area (Å²) in [6.07, 6.45) is 0.944. The fourth-order valence-corrected chi connectivity index (χ4v) is 3.02. The lowest BCUT2D eigenvalue weighted by Crippen LogP contribution is -2.19. The number of anilines is 2. The van der Waals surface area contributed by atoms with Gasteiger partial charge in [0, 0.05) is 17.3 Å². The molecule has 0 atom stereocenters. The van der Waals surface area contributed by atoms with Gasteiger partial charge in [0.05, 0.1) is 13.7 Å². The average molecular weight is 384 g/mol. The number of hydrogen-bond acceptors (Lipinski definition) is 6. The van der Waals surface area contributed by atoms with Crippen LogP contribution in [-0.4, -0.2) is 29.9 Å². The van der Waals surface area contributed by atoms with Gasteiger partial charge in [0.15, 0.2) is 0 Å². The molecule has 0 aliphatic heterocycles. The molecule has 0 aliphatic rings. The topological polar surface area (TPSA) is 85.4 Å². The molecule has 2 aromatic carbocycles. The molecule has 140 valence electrons. The molecule has 1 aromatic heterocycles. The van der Waals surface area contributed by atoms with Crippen LogP contribution in [0.5, 0.6) is 11.5 Å². The van der Waals surface area contributed by atoms with Gasteiger partial charge < -0.3 is 14.8 Å². The monoisotopic (exact) mass is 384 g/mol. The molecule has 0 spiro atoms. The van der Waals surface area contributed by atoms with Crippen LogP contribution in [0.2, 0.25) is 0 Å². The maximum atomic E-state index is 12.2. The summed E-state index contributed by atoms with van der Waals surface area (Å²) in [5.41, 5.74) is 1.51. The van der Waals surface area contributed by atoms with Crippen molar-refractivity contribution in [3.8, 4) is 22.1 Å². The number of carbonyl (C=O) groups excluding carboxylic acids is 1. The molecule has 0 fully saturated rings. The second kappa shape index (κ2) is 9.00. The number of aromatic nitrogens is 2. The number of nitrogens with one attached hydrogen (secondary N) is 2. The molecule has 0 unspecified atom stereocenters. The van der Waals surface area contributed by atoms with Gasteiger partial charge in [-0.3, -0.25) is 5.32 Å². The predicted octanol–water partition coefficient (Wildman–Crippen LogP) is 4.65. The fourth-order valence-electron chi connectivity index (χ4n) is 2.29. The Morgan fingerprint density at radius 2 is 1.89 bits per heavy atom. The van der Waals surface area contributed by atoms with Crippen molar-refractivity contribution in [3.63, 3.8) is 0 Å². The zero-order chi connectivity index (χ0) is 19.1. The Labute approximate surface area is 161 Å². The lowest BCUT2D eigenvalue weighted by atomic mass is 10.2. The average Bonchev–Trinajstić information content (AvgIpc) is 3.15. The molecule has 27 heavy (non-hydrogen) atoms. The maximum absolute atomic E-state index is 12.2. The van der Waals surface area contributed by atoms with Crippen LogP contribution < -0.4 is 20.1 Å². The number of carbonyl (C=O) groups is 1. The number of benzene rings is 2. The SMILES string of the molecule is CCCOc1cccc(-c2nnc(NC(=O)Nc3cccc(OC)c3)s2)c1. The number of urea groups is 1. The van der Waals surface area contributed by atoms with E-state index in [4.69, 9.17) is 9.47 Å². The van der Waals surface area contributed by atoms with E-state index in [9.17, 15) is 4.79 Å². The summed E-state index contributed by atoms with van der Waals surface area (Å²) in [6.45, 7) is 2.72. The molecule has 0 bridgehead atoms. The van der Waals surface area contributed by atoms with E-state index in [1.54, 1.807) is 31.4 Å². The van der Waals surface area contributed by atoms with Crippen LogP contribution >= 0.6 is 11.3 Å². The number of hydrogen-bond donors (Lipinski definition) is 2. The molecular weight excluding hydrogens is 364 g/mol. The molecule has 2 amide bonds. The molecule has 1 heterocycles. The largest absolute Gasteiger partial charge is 0.497 e. The Kier molecular flexibility index (Phi) is 6.22. The van der Waals surface area contributed by atoms with Crippen molar-refractivity contribution in [1.82, 2.24) is 10.2 Å². The third kappa shape index (κ3) is 5.18. The first-order valence-corrected chi connectivity index (χ1v) is 9.28. The van der Waals surface area contributed by atoms with Crippen molar-refractivity contribution in [2.45, 2.75) is 13.3 Å². The molecule has 0 saturated carbocycles. The standard InChI is InChI=1S/C19H20N4O3S/c1-3-10-26-16-9-4-6-13(11-16)17-22-23-19(27-17)21-18(24)20-14-7-5-8-15(12-14)25-2/h4-9,11-12H,3,10H2,1-2H3,(H2,20,21,23,24). The first-order valence-electron chi connectivity index (χ1n) is 8.46. The molecule has 3 aromatic rings. The first kappa shape index (κ1) is 18.7. The number of nitrogens with zero attached hydrogens (tertiary/aromatic N) is 2. The quantitative estimate of drug-likeness (QED) is 0.619. The van der Waals surface area contributed by atoms with Crippen molar-refractivity contribution in [2.24, 2.45) is 0 Å². The second-order valence-electron chi connectivity index (χ2n) is 5.60. The Hall–Kier alpha value is -3.13. The smallest absolute Gasteiger partial charge is 0.325 e. The van der Waals surface area contributed by atoms with Crippen LogP contribution in [0.15, 0.2) is 48.5 Å². The van der Waals surface area contributed by atoms with Gasteiger partial charge in [-0.2, -0.15) is 0 Å². The predicted molar refractivity (Wildman–Crippen MR) is 107 cm³/mol. The van der Waals surface area contributed by atoms with E-state index in [0.29, 0.717) is 28.2 Å². The minimum atomic E-state index is -0.397. The van der Waals surface area contributed by atoms with E-state index in [2.05, 4.69) is 27.8 Å². The van der Waals surface area contributed by atoms with E-state index in [-0.39, 0.29) is 0 Å². The van der Waals surface area contributed by atoms with E-state index in [0.717, 1.165) is 17.7 Å². The van der Waals surface area contributed by atoms with Crippen molar-refractivity contribution in [1.29, 1.82) is 0 Å². The Bertz CT molecular complexity index is 913. The van der Waals surface area contributed by atoms with Crippen LogP contribution in [0.4, 0.5) is 15.6 Å². The summed E-state index contributed by atoms with van der Waals surface area (Å²) in [5, 5.41) is 14.7. The van der Waals surface area contributed by atoms with E-state index < -0.39 is 6.03 Å². The Balaban J connectivity index is 1.64. The zero-order valence-corrected chi connectivity index (χ0v) is 15.9. The molecule has 0 saturated heterocycles. The third-order valence-corrected chi connectivity index (χ3v) is 4.41. The zero-order valence-electron chi connectivity index (χ0n) is 15.1. The van der Waals surface area contributed by atoms with E-state index in [1.807, 2.05) is 24.3 Å². The molecule has 7 nitrogen and oxygen atoms in total. The van der Waals surface area contributed by atoms with Gasteiger partial charge in [0.2, 0.25) is 5.13 Å². The highest BCUT2D eigenvalue weighted by atomic mass is 32.1. The number of rotatable bonds is 7. The highest BCUT2D eigenvalue weighted by Crippen LogP contribution is 2.29. The van der Waals surface area contributed by atoms with Gasteiger partial charge in [-0.05, 0) is 30.7 Å². The molecule has 0 radical (unpaired) electrons. The summed E-state index contributed by atoms with van der Waals surface area (Å²) in [4.78, 5) is 12.2. The van der Waals surface area contributed by atoms with Gasteiger partial charge in [0.1, 0.15) is 16.5 Å². The molecular formula is C19H20N4O3S. The van der Waals surface area contributed by atoms with Crippen molar-refractivity contribution < 1.29 is 14.3 Å². The molecule has 2 N–H and O–H groups in total. The summed E-state index contributed by atoms with van der Waals surface area (Å²) in [7, 11) is 1.57. The highest BCUT2D eigenvalue weighted by molar-refractivity contribution is 7.18. The minimum absolute atomic E-state index is 0.397. The van der Waals surface area contributed by atoms with Crippen molar-refractivity contribution in [2.75, 3.05) is 24.4 Å². The van der Waals surface area contributed by atoms with Gasteiger partial charge in [0.25, 0.3) is 0 Å². The van der Waals surface area contributed by atoms with Gasteiger partial charge in [-0.25, -0.2) is 4.79 Å². The van der Waals surface area contributed by atoms with Gasteiger partial charge in [-0.1, -0.05) is 36.5 Å². The van der Waals surface area contributed by atoms with Crippen LogP contribution in [0.1, 0.15) is 13.3 Å². The number of methoxy groups -OCH3 is 1. The molecule has 0 aliphatic carbocycles.